The van der Waals surface area contributed by atoms with E-state index in [0.717, 1.165) is 10.8 Å². The fourth-order valence-corrected chi connectivity index (χ4v) is 6.47. The van der Waals surface area contributed by atoms with E-state index in [2.05, 4.69) is 0 Å². The first kappa shape index (κ1) is 19.8. The topological polar surface area (TPSA) is 65.0 Å². The summed E-state index contributed by atoms with van der Waals surface area (Å²) in [5.74, 6) is 0.767. The minimum absolute atomic E-state index is 0.00702. The Labute approximate surface area is 286 Å². The Balaban J connectivity index is 1.26. The summed E-state index contributed by atoms with van der Waals surface area (Å²) in [5, 5.41) is 3.22. The van der Waals surface area contributed by atoms with E-state index < -0.39 is 0 Å². The van der Waals surface area contributed by atoms with Crippen LogP contribution < -0.4 is 0 Å². The van der Waals surface area contributed by atoms with E-state index in [1.165, 1.54) is 24.3 Å². The van der Waals surface area contributed by atoms with Crippen LogP contribution >= 0.6 is 0 Å². The van der Waals surface area contributed by atoms with Crippen LogP contribution in [0.5, 0.6) is 0 Å². The van der Waals surface area contributed by atoms with Crippen molar-refractivity contribution in [1.82, 2.24) is 15.0 Å². The molecule has 5 heteroatoms. The van der Waals surface area contributed by atoms with Crippen LogP contribution in [0.1, 0.15) is 11.0 Å². The van der Waals surface area contributed by atoms with Crippen LogP contribution in [0.3, 0.4) is 0 Å². The molecule has 3 heterocycles. The van der Waals surface area contributed by atoms with Crippen LogP contribution in [0.2, 0.25) is 0 Å². The zero-order chi connectivity index (χ0) is 38.6. The molecular weight excluding hydrogens is 590 g/mol. The van der Waals surface area contributed by atoms with Crippen molar-refractivity contribution in [2.45, 2.75) is 0 Å². The van der Waals surface area contributed by atoms with E-state index in [1.54, 1.807) is 12.1 Å². The second-order valence-electron chi connectivity index (χ2n) is 11.3. The fraction of sp³-hybridized carbons (Fsp3) is 0. The minimum Gasteiger partial charge on any atom is -0.456 e. The van der Waals surface area contributed by atoms with Gasteiger partial charge < -0.3 is 8.83 Å². The number of fused-ring (bicyclic) bond motifs is 7. The van der Waals surface area contributed by atoms with E-state index >= 15 is 0 Å². The van der Waals surface area contributed by atoms with Gasteiger partial charge in [-0.2, -0.15) is 0 Å². The molecule has 0 spiro atoms. The third-order valence-corrected chi connectivity index (χ3v) is 8.58. The number of hydrogen-bond acceptors (Lipinski definition) is 5. The van der Waals surface area contributed by atoms with Gasteiger partial charge in [0, 0.05) is 38.2 Å². The average molecular weight is 624 g/mol. The summed E-state index contributed by atoms with van der Waals surface area (Å²) in [5.41, 5.74) is 3.58. The normalized spacial score (nSPS) is 14.1. The highest BCUT2D eigenvalue weighted by Gasteiger charge is 2.20. The Hall–Kier alpha value is -6.59. The molecule has 0 atom stereocenters. The fourth-order valence-electron chi connectivity index (χ4n) is 6.47. The van der Waals surface area contributed by atoms with Gasteiger partial charge in [0.1, 0.15) is 22.3 Å². The molecule has 7 aromatic carbocycles. The quantitative estimate of drug-likeness (QED) is 0.195. The van der Waals surface area contributed by atoms with E-state index in [1.807, 2.05) is 66.7 Å². The SMILES string of the molecule is [2H]c1cc([2H])c2oc3c([2H])cc([2H])c(-c4nc(-c5ccccc5)nc(-c5cccc6c(-c7c([2H])cc([2H])c8oc9c([2H])cc([2H])cc9c78)cccc56)n4)c3c2c1. The number of aromatic nitrogens is 3. The van der Waals surface area contributed by atoms with Crippen molar-refractivity contribution in [3.05, 3.63) is 151 Å². The highest BCUT2D eigenvalue weighted by Crippen LogP contribution is 2.41. The van der Waals surface area contributed by atoms with Gasteiger partial charge in [0.2, 0.25) is 0 Å². The highest BCUT2D eigenvalue weighted by molar-refractivity contribution is 6.16. The third kappa shape index (κ3) is 4.08. The van der Waals surface area contributed by atoms with Crippen molar-refractivity contribution in [3.8, 4) is 45.3 Å². The lowest BCUT2D eigenvalue weighted by Crippen LogP contribution is -2.01. The highest BCUT2D eigenvalue weighted by atomic mass is 16.3. The van der Waals surface area contributed by atoms with E-state index in [0.29, 0.717) is 55.4 Å². The maximum Gasteiger partial charge on any atom is 0.164 e. The number of furan rings is 2. The van der Waals surface area contributed by atoms with Gasteiger partial charge in [0.05, 0.1) is 11.0 Å². The predicted octanol–water partition coefficient (Wildman–Crippen LogP) is 11.5. The maximum absolute atomic E-state index is 9.11. The molecule has 0 amide bonds. The molecule has 0 aliphatic carbocycles. The number of benzene rings is 7. The summed E-state index contributed by atoms with van der Waals surface area (Å²) in [6.07, 6.45) is 0. The first-order valence-corrected chi connectivity index (χ1v) is 15.3. The molecule has 0 saturated heterocycles. The van der Waals surface area contributed by atoms with Gasteiger partial charge in [-0.1, -0.05) is 127 Å². The molecule has 0 aliphatic heterocycles. The largest absolute Gasteiger partial charge is 0.456 e. The van der Waals surface area contributed by atoms with Gasteiger partial charge in [0.15, 0.2) is 17.5 Å². The summed E-state index contributed by atoms with van der Waals surface area (Å²) >= 11 is 0. The molecule has 48 heavy (non-hydrogen) atoms. The Bertz CT molecular complexity index is 3310. The van der Waals surface area contributed by atoms with Crippen LogP contribution in [0.15, 0.2) is 160 Å². The zero-order valence-corrected chi connectivity index (χ0v) is 25.0. The van der Waals surface area contributed by atoms with Gasteiger partial charge in [-0.05, 0) is 46.1 Å². The summed E-state index contributed by atoms with van der Waals surface area (Å²) in [6.45, 7) is 0. The molecule has 0 saturated carbocycles. The van der Waals surface area contributed by atoms with Crippen molar-refractivity contribution in [1.29, 1.82) is 0 Å². The van der Waals surface area contributed by atoms with Crippen LogP contribution in [0.4, 0.5) is 0 Å². The van der Waals surface area contributed by atoms with E-state index in [4.69, 9.17) is 34.8 Å². The Kier molecular flexibility index (Phi) is 4.32. The molecule has 0 radical (unpaired) electrons. The molecule has 5 nitrogen and oxygen atoms in total. The first-order chi connectivity index (χ1) is 27.0. The van der Waals surface area contributed by atoms with Crippen molar-refractivity contribution >= 4 is 54.6 Å². The molecule has 3 aromatic heterocycles. The Morgan fingerprint density at radius 2 is 0.917 bits per heavy atom. The van der Waals surface area contributed by atoms with E-state index in [9.17, 15) is 0 Å². The lowest BCUT2D eigenvalue weighted by molar-refractivity contribution is 0.668. The number of hydrogen-bond donors (Lipinski definition) is 0. The van der Waals surface area contributed by atoms with Crippen LogP contribution in [0, 0.1) is 0 Å². The molecule has 0 unspecified atom stereocenters. The maximum atomic E-state index is 9.11. The van der Waals surface area contributed by atoms with Gasteiger partial charge in [0.25, 0.3) is 0 Å². The summed E-state index contributed by atoms with van der Waals surface area (Å²) < 4.78 is 81.3. The molecule has 224 valence electrons. The number of nitrogens with zero attached hydrogens (tertiary/aromatic N) is 3. The van der Waals surface area contributed by atoms with E-state index in [-0.39, 0.29) is 82.1 Å². The van der Waals surface area contributed by atoms with Gasteiger partial charge in [-0.15, -0.1) is 0 Å². The zero-order valence-electron chi connectivity index (χ0n) is 33.0. The van der Waals surface area contributed by atoms with Crippen molar-refractivity contribution in [2.24, 2.45) is 0 Å². The average Bonchev–Trinajstić information content (AvgIpc) is 3.75. The summed E-state index contributed by atoms with van der Waals surface area (Å²) in [4.78, 5) is 14.8. The van der Waals surface area contributed by atoms with Crippen molar-refractivity contribution in [3.63, 3.8) is 0 Å². The van der Waals surface area contributed by atoms with Crippen LogP contribution in [-0.4, -0.2) is 15.0 Å². The van der Waals surface area contributed by atoms with Gasteiger partial charge in [-0.3, -0.25) is 0 Å². The molecule has 0 fully saturated rings. The Morgan fingerprint density at radius 1 is 0.375 bits per heavy atom. The van der Waals surface area contributed by atoms with Crippen LogP contribution in [-0.2, 0) is 0 Å². The summed E-state index contributed by atoms with van der Waals surface area (Å²) in [7, 11) is 0. The lowest BCUT2D eigenvalue weighted by Gasteiger charge is -2.13. The van der Waals surface area contributed by atoms with Gasteiger partial charge in [-0.25, -0.2) is 15.0 Å². The predicted molar refractivity (Wildman–Crippen MR) is 194 cm³/mol. The number of para-hydroxylation sites is 2. The van der Waals surface area contributed by atoms with Crippen molar-refractivity contribution in [2.75, 3.05) is 0 Å². The minimum atomic E-state index is -0.0420. The van der Waals surface area contributed by atoms with Crippen LogP contribution in [0.25, 0.3) is 99.9 Å². The number of rotatable bonds is 4. The Morgan fingerprint density at radius 3 is 1.60 bits per heavy atom. The standard InChI is InChI=1S/C43H25N3O2/c1-2-12-26(13-3-1)41-44-42(46-43(45-41)34-21-11-25-38-40(34)33-15-5-7-23-36(33)48-38)31-20-9-16-27-28(17-8-18-29(27)31)30-19-10-24-37-39(30)32-14-4-6-22-35(32)47-37/h1-25H/i4D,5D,19D,21D,22D,23D,24D,25D. The second-order valence-corrected chi connectivity index (χ2v) is 11.3. The molecular formula is C43H25N3O2. The first-order valence-electron chi connectivity index (χ1n) is 19.3. The molecule has 0 aliphatic rings. The smallest absolute Gasteiger partial charge is 0.164 e. The van der Waals surface area contributed by atoms with Gasteiger partial charge >= 0.3 is 0 Å². The second kappa shape index (κ2) is 10.5. The molecule has 0 N–H and O–H groups in total. The summed E-state index contributed by atoms with van der Waals surface area (Å²) in [6, 6.07) is 29.6. The molecule has 10 aromatic rings. The third-order valence-electron chi connectivity index (χ3n) is 8.58. The molecule has 10 rings (SSSR count). The lowest BCUT2D eigenvalue weighted by atomic mass is 9.93. The van der Waals surface area contributed by atoms with Crippen molar-refractivity contribution < 1.29 is 19.8 Å². The molecule has 0 bridgehead atoms. The monoisotopic (exact) mass is 623 g/mol.